The van der Waals surface area contributed by atoms with Gasteiger partial charge < -0.3 is 40.0 Å². The first-order valence-corrected chi connectivity index (χ1v) is 11.5. The van der Waals surface area contributed by atoms with Gasteiger partial charge in [-0.3, -0.25) is 10.1 Å². The first-order valence-electron chi connectivity index (χ1n) is 11.5. The molecule has 11 heteroatoms. The largest absolute Gasteiger partial charge is 0.463 e. The van der Waals surface area contributed by atoms with Gasteiger partial charge in [-0.25, -0.2) is 4.79 Å². The summed E-state index contributed by atoms with van der Waals surface area (Å²) < 4.78 is 17.0. The first-order chi connectivity index (χ1) is 15.7. The number of carbonyl (C=O) groups excluding carboxylic acids is 2. The highest BCUT2D eigenvalue weighted by atomic mass is 16.6. The Morgan fingerprint density at radius 2 is 1.82 bits per heavy atom. The molecule has 1 fully saturated rings. The van der Waals surface area contributed by atoms with Crippen molar-refractivity contribution in [2.75, 3.05) is 13.2 Å². The molecule has 2 rings (SSSR count). The maximum atomic E-state index is 12.5. The average Bonchev–Trinajstić information content (AvgIpc) is 2.79. The second kappa shape index (κ2) is 12.7. The lowest BCUT2D eigenvalue weighted by atomic mass is 9.86. The predicted molar refractivity (Wildman–Crippen MR) is 117 cm³/mol. The summed E-state index contributed by atoms with van der Waals surface area (Å²) >= 11 is 0. The van der Waals surface area contributed by atoms with Crippen LogP contribution in [0.1, 0.15) is 47.0 Å². The third kappa shape index (κ3) is 6.95. The summed E-state index contributed by atoms with van der Waals surface area (Å²) in [5.41, 5.74) is 0.344. The zero-order valence-electron chi connectivity index (χ0n) is 19.6. The van der Waals surface area contributed by atoms with Crippen molar-refractivity contribution < 1.29 is 44.2 Å². The smallest absolute Gasteiger partial charge is 0.333 e. The summed E-state index contributed by atoms with van der Waals surface area (Å²) in [7, 11) is 0. The molecule has 6 N–H and O–H groups in total. The topological polar surface area (TPSA) is 167 Å². The number of carbonyl (C=O) groups is 2. The zero-order valence-corrected chi connectivity index (χ0v) is 19.6. The molecule has 1 saturated heterocycles. The van der Waals surface area contributed by atoms with Crippen molar-refractivity contribution in [3.8, 4) is 0 Å². The highest BCUT2D eigenvalue weighted by molar-refractivity contribution is 5.89. The second-order valence-electron chi connectivity index (χ2n) is 8.40. The van der Waals surface area contributed by atoms with Crippen LogP contribution in [-0.2, 0) is 23.8 Å². The van der Waals surface area contributed by atoms with Crippen LogP contribution < -0.4 is 10.6 Å². The predicted octanol–water partition coefficient (Wildman–Crippen LogP) is -1.28. The Morgan fingerprint density at radius 3 is 2.36 bits per heavy atom. The third-order valence-electron chi connectivity index (χ3n) is 6.03. The number of aliphatic hydroxyl groups is 4. The molecule has 33 heavy (non-hydrogen) atoms. The van der Waals surface area contributed by atoms with Crippen LogP contribution in [0.25, 0.3) is 0 Å². The normalized spacial score (nSPS) is 34.6. The molecule has 0 aromatic rings. The Balaban J connectivity index is 2.36. The number of hydrogen-bond acceptors (Lipinski definition) is 10. The van der Waals surface area contributed by atoms with Crippen LogP contribution in [0.3, 0.4) is 0 Å². The molecule has 0 bridgehead atoms. The standard InChI is InChI=1S/C22H38N2O9/c1-5-13(6-2)32-15-9-12(22(30)31-7-3)8-14(17(15)23-11(4)26)24-21-20(29)19(28)18(27)16(10-25)33-21/h9,13-21,24-25,27-29H,5-8,10H2,1-4H3,(H,23,26)/t14-,15+,16-,17+,18+,19-,20+,21?/m0/s1. The van der Waals surface area contributed by atoms with E-state index < -0.39 is 61.4 Å². The lowest BCUT2D eigenvalue weighted by Gasteiger charge is -2.44. The number of aliphatic hydroxyl groups excluding tert-OH is 4. The average molecular weight is 475 g/mol. The van der Waals surface area contributed by atoms with Gasteiger partial charge in [0.1, 0.15) is 30.6 Å². The van der Waals surface area contributed by atoms with Crippen molar-refractivity contribution in [3.05, 3.63) is 11.6 Å². The quantitative estimate of drug-likeness (QED) is 0.210. The number of nitrogens with one attached hydrogen (secondary N) is 2. The molecule has 190 valence electrons. The fraction of sp³-hybridized carbons (Fsp3) is 0.818. The van der Waals surface area contributed by atoms with Crippen LogP contribution in [0.5, 0.6) is 0 Å². The van der Waals surface area contributed by atoms with Gasteiger partial charge in [-0.05, 0) is 32.3 Å². The summed E-state index contributed by atoms with van der Waals surface area (Å²) in [5, 5.41) is 46.0. The van der Waals surface area contributed by atoms with Crippen LogP contribution in [-0.4, -0.2) is 100 Å². The highest BCUT2D eigenvalue weighted by Gasteiger charge is 2.46. The monoisotopic (exact) mass is 474 g/mol. The fourth-order valence-corrected chi connectivity index (χ4v) is 4.20. The molecule has 0 radical (unpaired) electrons. The molecule has 0 spiro atoms. The van der Waals surface area contributed by atoms with E-state index in [2.05, 4.69) is 10.6 Å². The van der Waals surface area contributed by atoms with E-state index in [1.54, 1.807) is 13.0 Å². The first kappa shape index (κ1) is 27.6. The lowest BCUT2D eigenvalue weighted by Crippen LogP contribution is -2.67. The minimum atomic E-state index is -1.56. The van der Waals surface area contributed by atoms with Gasteiger partial charge >= 0.3 is 5.97 Å². The number of ether oxygens (including phenoxy) is 3. The van der Waals surface area contributed by atoms with Gasteiger partial charge in [0.15, 0.2) is 0 Å². The van der Waals surface area contributed by atoms with E-state index in [1.807, 2.05) is 13.8 Å². The van der Waals surface area contributed by atoms with Crippen LogP contribution >= 0.6 is 0 Å². The summed E-state index contributed by atoms with van der Waals surface area (Å²) in [5.74, 6) is -0.829. The van der Waals surface area contributed by atoms with Crippen molar-refractivity contribution in [2.24, 2.45) is 0 Å². The SMILES string of the molecule is CCOC(=O)C1=C[C@@H](OC(CC)CC)[C@H](NC(C)=O)[C@@H](NC2O[C@@H](CO)[C@@H](O)[C@H](O)[C@H]2O)C1. The molecule has 1 aliphatic carbocycles. The third-order valence-corrected chi connectivity index (χ3v) is 6.03. The minimum Gasteiger partial charge on any atom is -0.463 e. The van der Waals surface area contributed by atoms with Crippen molar-refractivity contribution in [3.63, 3.8) is 0 Å². The van der Waals surface area contributed by atoms with Crippen molar-refractivity contribution in [1.29, 1.82) is 0 Å². The van der Waals surface area contributed by atoms with Crippen LogP contribution in [0.2, 0.25) is 0 Å². The molecule has 0 saturated carbocycles. The van der Waals surface area contributed by atoms with Gasteiger partial charge in [0.2, 0.25) is 5.91 Å². The van der Waals surface area contributed by atoms with Crippen molar-refractivity contribution >= 4 is 11.9 Å². The van der Waals surface area contributed by atoms with Gasteiger partial charge in [0.05, 0.1) is 31.5 Å². The van der Waals surface area contributed by atoms with Crippen molar-refractivity contribution in [2.45, 2.75) is 102 Å². The van der Waals surface area contributed by atoms with Gasteiger partial charge in [-0.1, -0.05) is 13.8 Å². The molecule has 1 heterocycles. The molecular weight excluding hydrogens is 436 g/mol. The lowest BCUT2D eigenvalue weighted by molar-refractivity contribution is -0.239. The second-order valence-corrected chi connectivity index (χ2v) is 8.40. The Hall–Kier alpha value is -1.60. The van der Waals surface area contributed by atoms with Gasteiger partial charge in [-0.2, -0.15) is 0 Å². The molecular formula is C22H38N2O9. The van der Waals surface area contributed by atoms with Crippen LogP contribution in [0.15, 0.2) is 11.6 Å². The van der Waals surface area contributed by atoms with Crippen LogP contribution in [0.4, 0.5) is 0 Å². The van der Waals surface area contributed by atoms with E-state index in [1.165, 1.54) is 6.92 Å². The van der Waals surface area contributed by atoms with Gasteiger partial charge in [-0.15, -0.1) is 0 Å². The maximum Gasteiger partial charge on any atom is 0.333 e. The fourth-order valence-electron chi connectivity index (χ4n) is 4.20. The Morgan fingerprint density at radius 1 is 1.15 bits per heavy atom. The van der Waals surface area contributed by atoms with E-state index in [0.717, 1.165) is 12.8 Å². The van der Waals surface area contributed by atoms with E-state index >= 15 is 0 Å². The van der Waals surface area contributed by atoms with E-state index in [9.17, 15) is 30.0 Å². The van der Waals surface area contributed by atoms with Crippen LogP contribution in [0, 0.1) is 0 Å². The molecule has 1 unspecified atom stereocenters. The Bertz CT molecular complexity index is 683. The molecule has 2 aliphatic rings. The Kier molecular flexibility index (Phi) is 10.7. The Labute approximate surface area is 194 Å². The molecule has 1 aliphatic heterocycles. The number of rotatable bonds is 10. The van der Waals surface area contributed by atoms with E-state index in [4.69, 9.17) is 14.2 Å². The number of esters is 1. The molecule has 0 aromatic carbocycles. The van der Waals surface area contributed by atoms with Gasteiger partial charge in [0, 0.05) is 18.5 Å². The summed E-state index contributed by atoms with van der Waals surface area (Å²) in [6, 6.07) is -1.28. The number of amides is 1. The maximum absolute atomic E-state index is 12.5. The van der Waals surface area contributed by atoms with Crippen molar-refractivity contribution in [1.82, 2.24) is 10.6 Å². The minimum absolute atomic E-state index is 0.114. The molecule has 0 aromatic heterocycles. The zero-order chi connectivity index (χ0) is 24.7. The van der Waals surface area contributed by atoms with E-state index in [0.29, 0.717) is 5.57 Å². The molecule has 8 atom stereocenters. The van der Waals surface area contributed by atoms with Gasteiger partial charge in [0.25, 0.3) is 0 Å². The summed E-state index contributed by atoms with van der Waals surface area (Å²) in [4.78, 5) is 24.5. The summed E-state index contributed by atoms with van der Waals surface area (Å²) in [6.07, 6.45) is -4.40. The number of hydrogen-bond donors (Lipinski definition) is 6. The molecule has 11 nitrogen and oxygen atoms in total. The highest BCUT2D eigenvalue weighted by Crippen LogP contribution is 2.27. The molecule has 1 amide bonds. The summed E-state index contributed by atoms with van der Waals surface area (Å²) in [6.45, 7) is 6.63. The van der Waals surface area contributed by atoms with E-state index in [-0.39, 0.29) is 25.0 Å².